The molecular formula is C10H16N5O14P3. The number of hydrogen-bond acceptors (Lipinski definition) is 13. The predicted molar refractivity (Wildman–Crippen MR) is 98.3 cm³/mol. The van der Waals surface area contributed by atoms with E-state index in [1.807, 2.05) is 0 Å². The number of H-pyrrole nitrogens is 1. The molecule has 1 aliphatic rings. The first-order valence-electron chi connectivity index (χ1n) is 9.67. The van der Waals surface area contributed by atoms with Gasteiger partial charge in [0.05, 0.1) is 18.4 Å². The van der Waals surface area contributed by atoms with Crippen molar-refractivity contribution in [1.29, 1.82) is 0 Å². The van der Waals surface area contributed by atoms with Crippen LogP contribution in [0.1, 0.15) is 11.7 Å². The van der Waals surface area contributed by atoms with Crippen LogP contribution < -0.4 is 11.3 Å². The monoisotopic (exact) mass is 527 g/mol. The third kappa shape index (κ3) is 5.67. The number of aliphatic hydroxyl groups is 2. The molecule has 9 N–H and O–H groups in total. The highest BCUT2D eigenvalue weighted by Crippen LogP contribution is 2.66. The Hall–Kier alpha value is -1.56. The number of anilines is 1. The van der Waals surface area contributed by atoms with E-state index in [1.54, 1.807) is 0 Å². The normalized spacial score (nSPS) is 34.8. The molecule has 22 heteroatoms. The predicted octanol–water partition coefficient (Wildman–Crippen LogP) is -2.34. The number of nitrogens with two attached hydrogens (primary N) is 1. The number of fused-ring (bicyclic) bond motifs is 1. The molecule has 3 heterocycles. The number of nitrogen functional groups attached to an aromatic ring is 1. The molecule has 6 atom stereocenters. The first-order chi connectivity index (χ1) is 16.0. The van der Waals surface area contributed by atoms with Crippen molar-refractivity contribution in [1.82, 2.24) is 19.5 Å². The summed E-state index contributed by atoms with van der Waals surface area (Å²) < 4.78 is 82.4. The molecule has 0 aromatic carbocycles. The number of aliphatic hydroxyl groups excluding tert-OH is 1. The lowest BCUT2D eigenvalue weighted by molar-refractivity contribution is -0.0503. The van der Waals surface area contributed by atoms with Crippen molar-refractivity contribution in [2.45, 2.75) is 24.5 Å². The molecule has 32 heavy (non-hydrogen) atoms. The van der Waals surface area contributed by atoms with Crippen molar-refractivity contribution in [3.05, 3.63) is 16.7 Å². The summed E-state index contributed by atoms with van der Waals surface area (Å²) >= 11 is 0. The number of nitrogens with zero attached hydrogens (tertiary/aromatic N) is 3. The van der Waals surface area contributed by atoms with E-state index in [1.165, 1.54) is 0 Å². The molecular weight excluding hydrogens is 507 g/mol. The molecule has 0 spiro atoms. The van der Waals surface area contributed by atoms with Crippen LogP contribution in [-0.4, -0.2) is 74.1 Å². The van der Waals surface area contributed by atoms with E-state index in [0.29, 0.717) is 4.57 Å². The first kappa shape index (κ1) is 19.9. The van der Waals surface area contributed by atoms with Gasteiger partial charge >= 0.3 is 23.5 Å². The molecule has 0 saturated carbocycles. The average molecular weight is 527 g/mol. The number of aromatic nitrogens is 4. The van der Waals surface area contributed by atoms with Crippen molar-refractivity contribution >= 4 is 40.6 Å². The van der Waals surface area contributed by atoms with Gasteiger partial charge in [-0.3, -0.25) is 18.9 Å². The molecule has 2 aromatic heterocycles. The zero-order chi connectivity index (χ0) is 27.7. The second-order valence-corrected chi connectivity index (χ2v) is 10.1. The third-order valence-electron chi connectivity index (χ3n) is 3.42. The number of aromatic amines is 1. The summed E-state index contributed by atoms with van der Waals surface area (Å²) in [7, 11) is -18.1. The van der Waals surface area contributed by atoms with Crippen molar-refractivity contribution in [2.75, 3.05) is 12.3 Å². The Morgan fingerprint density at radius 1 is 1.25 bits per heavy atom. The quantitative estimate of drug-likeness (QED) is 0.167. The molecule has 0 aliphatic carbocycles. The van der Waals surface area contributed by atoms with Crippen LogP contribution >= 0.6 is 23.5 Å². The van der Waals surface area contributed by atoms with E-state index < -0.39 is 77.2 Å². The van der Waals surface area contributed by atoms with Crippen LogP contribution in [0.4, 0.5) is 5.95 Å². The summed E-state index contributed by atoms with van der Waals surface area (Å²) in [6.07, 6.45) is -11.6. The van der Waals surface area contributed by atoms with Gasteiger partial charge < -0.3 is 40.3 Å². The molecule has 1 aliphatic heterocycles. The zero-order valence-electron chi connectivity index (χ0n) is 18.9. The third-order valence-corrected chi connectivity index (χ3v) is 7.07. The van der Waals surface area contributed by atoms with E-state index in [2.05, 4.69) is 28.1 Å². The number of ether oxygens (including phenoxy) is 1. The van der Waals surface area contributed by atoms with Gasteiger partial charge in [-0.2, -0.15) is 13.6 Å². The van der Waals surface area contributed by atoms with Crippen molar-refractivity contribution in [2.24, 2.45) is 0 Å². The van der Waals surface area contributed by atoms with E-state index >= 15 is 0 Å². The lowest BCUT2D eigenvalue weighted by Crippen LogP contribution is -2.33. The Bertz CT molecular complexity index is 1390. The molecule has 3 rings (SSSR count). The lowest BCUT2D eigenvalue weighted by atomic mass is 10.1. The van der Waals surface area contributed by atoms with E-state index in [0.717, 1.165) is 6.33 Å². The molecule has 19 nitrogen and oxygen atoms in total. The van der Waals surface area contributed by atoms with Crippen LogP contribution in [0.15, 0.2) is 11.1 Å². The summed E-state index contributed by atoms with van der Waals surface area (Å²) in [6.45, 7) is -4.17. The maximum Gasteiger partial charge on any atom is 0.490 e. The largest absolute Gasteiger partial charge is 0.490 e. The van der Waals surface area contributed by atoms with Gasteiger partial charge in [-0.15, -0.1) is 0 Å². The minimum atomic E-state index is -6.25. The molecule has 0 amide bonds. The summed E-state index contributed by atoms with van der Waals surface area (Å²) in [5, 5.41) is 20.9. The van der Waals surface area contributed by atoms with Gasteiger partial charge in [-0.25, -0.2) is 18.7 Å². The Balaban J connectivity index is 1.97. The van der Waals surface area contributed by atoms with Gasteiger partial charge in [0.2, 0.25) is 5.95 Å². The average Bonchev–Trinajstić information content (AvgIpc) is 3.11. The molecule has 0 radical (unpaired) electrons. The van der Waals surface area contributed by atoms with E-state index in [4.69, 9.17) is 25.7 Å². The number of nitrogens with one attached hydrogen (secondary N) is 1. The van der Waals surface area contributed by atoms with Crippen molar-refractivity contribution in [3.8, 4) is 0 Å². The van der Waals surface area contributed by atoms with Crippen LogP contribution in [-0.2, 0) is 31.6 Å². The molecule has 2 aromatic rings. The van der Waals surface area contributed by atoms with Gasteiger partial charge in [0.15, 0.2) is 17.4 Å². The van der Waals surface area contributed by atoms with Crippen LogP contribution in [0.25, 0.3) is 11.2 Å². The molecule has 0 bridgehead atoms. The second-order valence-electron chi connectivity index (χ2n) is 5.73. The Labute approximate surface area is 181 Å². The first-order valence-corrected chi connectivity index (χ1v) is 12.2. The van der Waals surface area contributed by atoms with E-state index in [-0.39, 0.29) is 0 Å². The highest BCUT2D eigenvalue weighted by Gasteiger charge is 2.47. The van der Waals surface area contributed by atoms with Crippen LogP contribution in [0.3, 0.4) is 0 Å². The topological polar surface area (TPSA) is 299 Å². The second kappa shape index (κ2) is 8.66. The van der Waals surface area contributed by atoms with Gasteiger partial charge in [-0.05, 0) is 0 Å². The number of imidazole rings is 1. The number of phosphoric acid groups is 3. The summed E-state index contributed by atoms with van der Waals surface area (Å²) in [5.41, 5.74) is 3.74. The minimum absolute atomic E-state index is 0.396. The molecule has 180 valence electrons. The minimum Gasteiger partial charge on any atom is -0.387 e. The highest BCUT2D eigenvalue weighted by molar-refractivity contribution is 7.66. The van der Waals surface area contributed by atoms with Crippen molar-refractivity contribution < 1.29 is 66.8 Å². The fourth-order valence-corrected chi connectivity index (χ4v) is 5.16. The Kier molecular flexibility index (Phi) is 5.38. The van der Waals surface area contributed by atoms with Gasteiger partial charge in [0, 0.05) is 0 Å². The summed E-state index contributed by atoms with van der Waals surface area (Å²) in [4.78, 5) is 57.3. The number of hydrogen-bond donors (Lipinski definition) is 8. The molecule has 1 saturated heterocycles. The van der Waals surface area contributed by atoms with Crippen molar-refractivity contribution in [3.63, 3.8) is 0 Å². The maximum absolute atomic E-state index is 12.1. The summed E-state index contributed by atoms with van der Waals surface area (Å²) in [6, 6.07) is 0. The number of rotatable bonds is 8. The fraction of sp³-hybridized carbons (Fsp3) is 0.500. The zero-order valence-corrected chi connectivity index (χ0v) is 17.6. The standard InChI is InChI=1S/C10H16N5O14P3/c11-10-13-7-4(8(18)14-10)12-2-15(7)9-6(17)5(16)3(27-9)1-26-31(22,23)29-32(24,25)28-30(19,20)21/h2-3,5-6,9,16-17H,1H2,(H,22,23)(H,24,25)(H2,19,20,21)(H3,11,13,14,18)/t3-,5-,6-,9-/m1/s1/i1D2,3D,5D. The van der Waals surface area contributed by atoms with Crippen LogP contribution in [0.5, 0.6) is 0 Å². The van der Waals surface area contributed by atoms with Gasteiger partial charge in [0.25, 0.3) is 5.56 Å². The smallest absolute Gasteiger partial charge is 0.387 e. The van der Waals surface area contributed by atoms with Crippen LogP contribution in [0, 0.1) is 0 Å². The Morgan fingerprint density at radius 2 is 1.91 bits per heavy atom. The SMILES string of the molecule is [2H]C([2H])(OP(=O)(O)OP(=O)(O)OP(=O)(O)O)[C@@]1([2H])O[C@@H](n2cnc3c(=O)[nH]c(N)nc32)[C@H](O)[C@]1([2H])O. The number of phosphoric ester groups is 1. The van der Waals surface area contributed by atoms with E-state index in [9.17, 15) is 38.5 Å². The van der Waals surface area contributed by atoms with Gasteiger partial charge in [-0.1, -0.05) is 0 Å². The highest BCUT2D eigenvalue weighted by atomic mass is 31.3. The van der Waals surface area contributed by atoms with Gasteiger partial charge in [0.1, 0.15) is 18.3 Å². The fourth-order valence-electron chi connectivity index (χ4n) is 2.32. The lowest BCUT2D eigenvalue weighted by Gasteiger charge is -2.19. The van der Waals surface area contributed by atoms with Crippen LogP contribution in [0.2, 0.25) is 0 Å². The Morgan fingerprint density at radius 3 is 2.53 bits per heavy atom. The molecule has 2 unspecified atom stereocenters. The molecule has 1 fully saturated rings. The maximum atomic E-state index is 12.1. The summed E-state index contributed by atoms with van der Waals surface area (Å²) in [5.74, 6) is -0.456.